The lowest BCUT2D eigenvalue weighted by Crippen LogP contribution is -2.18. The van der Waals surface area contributed by atoms with Gasteiger partial charge < -0.3 is 10.1 Å². The molecule has 0 amide bonds. The van der Waals surface area contributed by atoms with Crippen LogP contribution in [-0.2, 0) is 6.54 Å². The van der Waals surface area contributed by atoms with Gasteiger partial charge in [-0.2, -0.15) is 0 Å². The van der Waals surface area contributed by atoms with E-state index >= 15 is 0 Å². The average Bonchev–Trinajstić information content (AvgIpc) is 2.28. The molecule has 0 radical (unpaired) electrons. The van der Waals surface area contributed by atoms with Gasteiger partial charge in [-0.25, -0.2) is 0 Å². The normalized spacial score (nSPS) is 10.8. The van der Waals surface area contributed by atoms with Crippen LogP contribution >= 0.6 is 11.8 Å². The number of nitrogens with one attached hydrogen (secondary N) is 1. The fourth-order valence-electron chi connectivity index (χ4n) is 1.50. The van der Waals surface area contributed by atoms with Crippen LogP contribution in [0.4, 0.5) is 0 Å². The maximum atomic E-state index is 5.36. The van der Waals surface area contributed by atoms with E-state index in [0.29, 0.717) is 5.92 Å². The molecular formula is C13H21NOS. The number of thioether (sulfide) groups is 1. The lowest BCUT2D eigenvalue weighted by atomic mass is 10.2. The summed E-state index contributed by atoms with van der Waals surface area (Å²) in [5, 5.41) is 3.43. The Kier molecular flexibility index (Phi) is 5.71. The van der Waals surface area contributed by atoms with Crippen molar-refractivity contribution in [2.24, 2.45) is 5.92 Å². The number of methoxy groups -OCH3 is 1. The maximum absolute atomic E-state index is 5.36. The molecule has 2 nitrogen and oxygen atoms in total. The van der Waals surface area contributed by atoms with Gasteiger partial charge in [-0.15, -0.1) is 11.8 Å². The van der Waals surface area contributed by atoms with Crippen molar-refractivity contribution in [2.45, 2.75) is 25.3 Å². The molecule has 0 unspecified atom stereocenters. The Morgan fingerprint density at radius 3 is 2.69 bits per heavy atom. The summed E-state index contributed by atoms with van der Waals surface area (Å²) in [4.78, 5) is 1.19. The zero-order valence-corrected chi connectivity index (χ0v) is 11.4. The highest BCUT2D eigenvalue weighted by atomic mass is 32.2. The number of ether oxygens (including phenoxy) is 1. The minimum absolute atomic E-state index is 0.687. The molecule has 16 heavy (non-hydrogen) atoms. The minimum atomic E-state index is 0.687. The topological polar surface area (TPSA) is 21.3 Å². The third kappa shape index (κ3) is 4.06. The summed E-state index contributed by atoms with van der Waals surface area (Å²) in [6.45, 7) is 6.38. The highest BCUT2D eigenvalue weighted by Gasteiger charge is 2.03. The molecule has 1 rings (SSSR count). The predicted molar refractivity (Wildman–Crippen MR) is 71.3 cm³/mol. The molecule has 0 fully saturated rings. The van der Waals surface area contributed by atoms with Crippen molar-refractivity contribution in [1.82, 2.24) is 5.32 Å². The molecule has 0 saturated carbocycles. The van der Waals surface area contributed by atoms with E-state index in [-0.39, 0.29) is 0 Å². The highest BCUT2D eigenvalue weighted by Crippen LogP contribution is 2.28. The molecule has 1 aromatic rings. The molecule has 0 bridgehead atoms. The van der Waals surface area contributed by atoms with Gasteiger partial charge in [0.2, 0.25) is 0 Å². The summed E-state index contributed by atoms with van der Waals surface area (Å²) in [6.07, 6.45) is 2.06. The van der Waals surface area contributed by atoms with Crippen molar-refractivity contribution < 1.29 is 4.74 Å². The van der Waals surface area contributed by atoms with Crippen molar-refractivity contribution >= 4 is 11.8 Å². The number of rotatable bonds is 6. The summed E-state index contributed by atoms with van der Waals surface area (Å²) in [7, 11) is 1.72. The van der Waals surface area contributed by atoms with Crippen LogP contribution in [0, 0.1) is 5.92 Å². The molecular weight excluding hydrogens is 218 g/mol. The van der Waals surface area contributed by atoms with Crippen LogP contribution in [0.1, 0.15) is 19.4 Å². The second-order valence-corrected chi connectivity index (χ2v) is 5.06. The van der Waals surface area contributed by atoms with Crippen LogP contribution in [0.5, 0.6) is 5.75 Å². The van der Waals surface area contributed by atoms with Gasteiger partial charge in [0.15, 0.2) is 0 Å². The van der Waals surface area contributed by atoms with Crippen LogP contribution in [0.15, 0.2) is 23.1 Å². The second-order valence-electron chi connectivity index (χ2n) is 4.21. The van der Waals surface area contributed by atoms with Gasteiger partial charge in [0.1, 0.15) is 5.75 Å². The van der Waals surface area contributed by atoms with Gasteiger partial charge in [-0.1, -0.05) is 19.9 Å². The van der Waals surface area contributed by atoms with Crippen molar-refractivity contribution in [3.8, 4) is 5.75 Å². The molecule has 1 aromatic carbocycles. The van der Waals surface area contributed by atoms with Crippen LogP contribution in [-0.4, -0.2) is 19.9 Å². The average molecular weight is 239 g/mol. The molecule has 90 valence electrons. The van der Waals surface area contributed by atoms with Gasteiger partial charge in [0.25, 0.3) is 0 Å². The molecule has 0 aromatic heterocycles. The Balaban J connectivity index is 2.60. The molecule has 0 aliphatic rings. The van der Waals surface area contributed by atoms with E-state index in [1.54, 1.807) is 18.9 Å². The fourth-order valence-corrected chi connectivity index (χ4v) is 2.04. The molecule has 0 spiro atoms. The third-order valence-electron chi connectivity index (χ3n) is 2.33. The quantitative estimate of drug-likeness (QED) is 0.771. The van der Waals surface area contributed by atoms with Crippen molar-refractivity contribution in [1.29, 1.82) is 0 Å². The Morgan fingerprint density at radius 2 is 2.12 bits per heavy atom. The first-order valence-corrected chi connectivity index (χ1v) is 6.81. The van der Waals surface area contributed by atoms with Gasteiger partial charge in [-0.05, 0) is 36.4 Å². The Morgan fingerprint density at radius 1 is 1.38 bits per heavy atom. The minimum Gasteiger partial charge on any atom is -0.496 e. The summed E-state index contributed by atoms with van der Waals surface area (Å²) in [5.41, 5.74) is 1.27. The first-order chi connectivity index (χ1) is 7.67. The fraction of sp³-hybridized carbons (Fsp3) is 0.538. The number of hydrogen-bond donors (Lipinski definition) is 1. The van der Waals surface area contributed by atoms with Gasteiger partial charge in [0, 0.05) is 11.4 Å². The Hall–Kier alpha value is -0.670. The first-order valence-electron chi connectivity index (χ1n) is 5.59. The molecule has 0 aliphatic heterocycles. The first kappa shape index (κ1) is 13.4. The number of benzene rings is 1. The molecule has 0 saturated heterocycles. The van der Waals surface area contributed by atoms with E-state index in [2.05, 4.69) is 43.6 Å². The van der Waals surface area contributed by atoms with E-state index in [0.717, 1.165) is 18.8 Å². The molecule has 0 heterocycles. The van der Waals surface area contributed by atoms with Crippen molar-refractivity contribution in [3.63, 3.8) is 0 Å². The van der Waals surface area contributed by atoms with E-state index in [1.807, 2.05) is 0 Å². The SMILES string of the molecule is COc1cc(CNCC(C)C)ccc1SC. The highest BCUT2D eigenvalue weighted by molar-refractivity contribution is 7.98. The van der Waals surface area contributed by atoms with Crippen LogP contribution < -0.4 is 10.1 Å². The third-order valence-corrected chi connectivity index (χ3v) is 3.11. The standard InChI is InChI=1S/C13H21NOS/c1-10(2)8-14-9-11-5-6-13(16-4)12(7-11)15-3/h5-7,10,14H,8-9H2,1-4H3. The predicted octanol–water partition coefficient (Wildman–Crippen LogP) is 3.16. The smallest absolute Gasteiger partial charge is 0.132 e. The van der Waals surface area contributed by atoms with Crippen LogP contribution in [0.2, 0.25) is 0 Å². The zero-order chi connectivity index (χ0) is 12.0. The van der Waals surface area contributed by atoms with Gasteiger partial charge >= 0.3 is 0 Å². The Labute approximate surface area is 103 Å². The van der Waals surface area contributed by atoms with E-state index in [9.17, 15) is 0 Å². The molecule has 0 aliphatic carbocycles. The summed E-state index contributed by atoms with van der Waals surface area (Å²) in [5.74, 6) is 1.66. The van der Waals surface area contributed by atoms with E-state index < -0.39 is 0 Å². The van der Waals surface area contributed by atoms with E-state index in [1.165, 1.54) is 10.5 Å². The number of hydrogen-bond acceptors (Lipinski definition) is 3. The maximum Gasteiger partial charge on any atom is 0.132 e. The lowest BCUT2D eigenvalue weighted by molar-refractivity contribution is 0.404. The summed E-state index contributed by atoms with van der Waals surface area (Å²) >= 11 is 1.71. The lowest BCUT2D eigenvalue weighted by Gasteiger charge is -2.10. The Bertz CT molecular complexity index is 326. The van der Waals surface area contributed by atoms with Crippen molar-refractivity contribution in [3.05, 3.63) is 23.8 Å². The largest absolute Gasteiger partial charge is 0.496 e. The molecule has 1 N–H and O–H groups in total. The zero-order valence-electron chi connectivity index (χ0n) is 10.5. The van der Waals surface area contributed by atoms with Crippen molar-refractivity contribution in [2.75, 3.05) is 19.9 Å². The summed E-state index contributed by atoms with van der Waals surface area (Å²) < 4.78 is 5.36. The van der Waals surface area contributed by atoms with Crippen LogP contribution in [0.25, 0.3) is 0 Å². The van der Waals surface area contributed by atoms with Gasteiger partial charge in [-0.3, -0.25) is 0 Å². The van der Waals surface area contributed by atoms with E-state index in [4.69, 9.17) is 4.74 Å². The van der Waals surface area contributed by atoms with Crippen LogP contribution in [0.3, 0.4) is 0 Å². The summed E-state index contributed by atoms with van der Waals surface area (Å²) in [6, 6.07) is 6.39. The molecule has 0 atom stereocenters. The van der Waals surface area contributed by atoms with Gasteiger partial charge in [0.05, 0.1) is 7.11 Å². The molecule has 3 heteroatoms. The second kappa shape index (κ2) is 6.81. The monoisotopic (exact) mass is 239 g/mol.